The molecular formula is C12H17FO3S. The number of aryl methyl sites for hydroxylation is 1. The first-order valence-corrected chi connectivity index (χ1v) is 7.10. The fourth-order valence-corrected chi connectivity index (χ4v) is 1.98. The van der Waals surface area contributed by atoms with Crippen molar-refractivity contribution < 1.29 is 17.9 Å². The lowest BCUT2D eigenvalue weighted by atomic mass is 9.97. The Morgan fingerprint density at radius 1 is 1.35 bits per heavy atom. The van der Waals surface area contributed by atoms with Gasteiger partial charge in [0.25, 0.3) is 0 Å². The third-order valence-electron chi connectivity index (χ3n) is 3.11. The molecule has 0 aromatic heterocycles. The van der Waals surface area contributed by atoms with Crippen molar-refractivity contribution >= 4 is 9.84 Å². The predicted octanol–water partition coefficient (Wildman–Crippen LogP) is 1.99. The van der Waals surface area contributed by atoms with Crippen LogP contribution in [0.15, 0.2) is 18.2 Å². The minimum absolute atomic E-state index is 0.377. The van der Waals surface area contributed by atoms with Crippen molar-refractivity contribution in [2.45, 2.75) is 31.6 Å². The zero-order valence-electron chi connectivity index (χ0n) is 10.4. The average molecular weight is 260 g/mol. The molecule has 0 saturated carbocycles. The number of halogens is 1. The van der Waals surface area contributed by atoms with Crippen LogP contribution in [0.2, 0.25) is 0 Å². The van der Waals surface area contributed by atoms with Gasteiger partial charge in [-0.15, -0.1) is 0 Å². The lowest BCUT2D eigenvalue weighted by Crippen LogP contribution is -2.37. The maximum Gasteiger partial charge on any atom is 0.155 e. The minimum atomic E-state index is -3.42. The highest BCUT2D eigenvalue weighted by molar-refractivity contribution is 7.92. The highest BCUT2D eigenvalue weighted by Gasteiger charge is 2.39. The Hall–Kier alpha value is -0.940. The van der Waals surface area contributed by atoms with Gasteiger partial charge >= 0.3 is 0 Å². The van der Waals surface area contributed by atoms with E-state index in [1.165, 1.54) is 32.0 Å². The summed E-state index contributed by atoms with van der Waals surface area (Å²) < 4.78 is 35.0. The molecule has 0 spiro atoms. The van der Waals surface area contributed by atoms with Crippen molar-refractivity contribution in [1.82, 2.24) is 0 Å². The van der Waals surface area contributed by atoms with Crippen molar-refractivity contribution in [3.05, 3.63) is 35.1 Å². The van der Waals surface area contributed by atoms with E-state index < -0.39 is 20.7 Å². The normalized spacial score (nSPS) is 14.7. The third-order valence-corrected chi connectivity index (χ3v) is 5.25. The summed E-state index contributed by atoms with van der Waals surface area (Å²) in [4.78, 5) is 0. The van der Waals surface area contributed by atoms with E-state index in [1.54, 1.807) is 6.92 Å². The molecule has 0 heterocycles. The first kappa shape index (κ1) is 14.1. The van der Waals surface area contributed by atoms with E-state index in [-0.39, 0.29) is 5.82 Å². The van der Waals surface area contributed by atoms with E-state index in [0.29, 0.717) is 11.1 Å². The second kappa shape index (κ2) is 4.38. The predicted molar refractivity (Wildman–Crippen MR) is 65.0 cm³/mol. The summed E-state index contributed by atoms with van der Waals surface area (Å²) in [6, 6.07) is 4.10. The van der Waals surface area contributed by atoms with Crippen LogP contribution in [0.3, 0.4) is 0 Å². The van der Waals surface area contributed by atoms with Gasteiger partial charge in [0, 0.05) is 6.26 Å². The smallest absolute Gasteiger partial charge is 0.155 e. The van der Waals surface area contributed by atoms with Crippen LogP contribution in [0.1, 0.15) is 31.1 Å². The number of rotatable bonds is 3. The highest BCUT2D eigenvalue weighted by Crippen LogP contribution is 2.32. The molecule has 1 atom stereocenters. The Labute approximate surface area is 101 Å². The molecule has 0 aliphatic carbocycles. The fraction of sp³-hybridized carbons (Fsp3) is 0.500. The number of sulfone groups is 1. The van der Waals surface area contributed by atoms with Crippen LogP contribution < -0.4 is 0 Å². The topological polar surface area (TPSA) is 54.4 Å². The van der Waals surface area contributed by atoms with E-state index in [9.17, 15) is 17.9 Å². The Morgan fingerprint density at radius 2 is 1.88 bits per heavy atom. The number of aliphatic hydroxyl groups is 1. The molecule has 0 aliphatic rings. The minimum Gasteiger partial charge on any atom is -0.387 e. The molecule has 96 valence electrons. The molecule has 3 nitrogen and oxygen atoms in total. The molecule has 1 rings (SSSR count). The van der Waals surface area contributed by atoms with Crippen LogP contribution >= 0.6 is 0 Å². The number of benzene rings is 1. The second-order valence-electron chi connectivity index (χ2n) is 4.79. The van der Waals surface area contributed by atoms with E-state index in [1.807, 2.05) is 0 Å². The van der Waals surface area contributed by atoms with Gasteiger partial charge in [0.2, 0.25) is 0 Å². The van der Waals surface area contributed by atoms with E-state index >= 15 is 0 Å². The first-order valence-electron chi connectivity index (χ1n) is 5.21. The second-order valence-corrected chi connectivity index (χ2v) is 7.38. The summed E-state index contributed by atoms with van der Waals surface area (Å²) in [6.07, 6.45) is -0.108. The van der Waals surface area contributed by atoms with E-state index in [4.69, 9.17) is 0 Å². The molecule has 1 aromatic rings. The molecule has 1 aromatic carbocycles. The molecule has 0 bridgehead atoms. The quantitative estimate of drug-likeness (QED) is 0.904. The monoisotopic (exact) mass is 260 g/mol. The van der Waals surface area contributed by atoms with Gasteiger partial charge in [0.15, 0.2) is 9.84 Å². The molecule has 0 aliphatic heterocycles. The number of hydrogen-bond donors (Lipinski definition) is 1. The van der Waals surface area contributed by atoms with Crippen LogP contribution in [0, 0.1) is 12.7 Å². The Balaban J connectivity index is 3.21. The average Bonchev–Trinajstić information content (AvgIpc) is 2.19. The van der Waals surface area contributed by atoms with Crippen molar-refractivity contribution in [1.29, 1.82) is 0 Å². The summed E-state index contributed by atoms with van der Waals surface area (Å²) in [5.41, 5.74) is 0.783. The summed E-state index contributed by atoms with van der Waals surface area (Å²) in [7, 11) is -3.42. The summed E-state index contributed by atoms with van der Waals surface area (Å²) in [5.74, 6) is -0.377. The Morgan fingerprint density at radius 3 is 2.29 bits per heavy atom. The standard InChI is InChI=1S/C12H17FO3S/c1-8-7-9(5-6-10(8)13)11(14)12(2,3)17(4,15)16/h5-7,11,14H,1-4H3. The molecule has 5 heteroatoms. The van der Waals surface area contributed by atoms with Gasteiger partial charge in [0.05, 0.1) is 10.9 Å². The number of hydrogen-bond acceptors (Lipinski definition) is 3. The lowest BCUT2D eigenvalue weighted by Gasteiger charge is -2.29. The number of aliphatic hydroxyl groups excluding tert-OH is 1. The van der Waals surface area contributed by atoms with E-state index in [2.05, 4.69) is 0 Å². The molecular weight excluding hydrogens is 243 g/mol. The van der Waals surface area contributed by atoms with Crippen LogP contribution in [-0.4, -0.2) is 24.5 Å². The fourth-order valence-electron chi connectivity index (χ4n) is 1.44. The SMILES string of the molecule is Cc1cc(C(O)C(C)(C)S(C)(=O)=O)ccc1F. The molecule has 1 N–H and O–H groups in total. The summed E-state index contributed by atoms with van der Waals surface area (Å²) in [5, 5.41) is 10.1. The molecule has 0 radical (unpaired) electrons. The van der Waals surface area contributed by atoms with Crippen molar-refractivity contribution in [2.24, 2.45) is 0 Å². The van der Waals surface area contributed by atoms with Crippen molar-refractivity contribution in [2.75, 3.05) is 6.26 Å². The maximum absolute atomic E-state index is 13.1. The van der Waals surface area contributed by atoms with Gasteiger partial charge in [0.1, 0.15) is 5.82 Å². The van der Waals surface area contributed by atoms with Crippen LogP contribution in [0.25, 0.3) is 0 Å². The Kier molecular flexibility index (Phi) is 3.64. The van der Waals surface area contributed by atoms with Crippen molar-refractivity contribution in [3.8, 4) is 0 Å². The van der Waals surface area contributed by atoms with Gasteiger partial charge in [-0.2, -0.15) is 0 Å². The summed E-state index contributed by atoms with van der Waals surface area (Å²) >= 11 is 0. The molecule has 0 amide bonds. The molecule has 0 saturated heterocycles. The maximum atomic E-state index is 13.1. The summed E-state index contributed by atoms with van der Waals surface area (Å²) in [6.45, 7) is 4.47. The lowest BCUT2D eigenvalue weighted by molar-refractivity contribution is 0.139. The zero-order chi connectivity index (χ0) is 13.4. The Bertz CT molecular complexity index is 521. The van der Waals surface area contributed by atoms with E-state index in [0.717, 1.165) is 6.26 Å². The van der Waals surface area contributed by atoms with Crippen LogP contribution in [-0.2, 0) is 9.84 Å². The molecule has 0 fully saturated rings. The van der Waals surface area contributed by atoms with Gasteiger partial charge in [-0.05, 0) is 38.0 Å². The van der Waals surface area contributed by atoms with Crippen LogP contribution in [0.5, 0.6) is 0 Å². The zero-order valence-corrected chi connectivity index (χ0v) is 11.2. The largest absolute Gasteiger partial charge is 0.387 e. The van der Waals surface area contributed by atoms with Gasteiger partial charge in [-0.25, -0.2) is 12.8 Å². The van der Waals surface area contributed by atoms with Gasteiger partial charge in [-0.3, -0.25) is 0 Å². The van der Waals surface area contributed by atoms with Gasteiger partial charge < -0.3 is 5.11 Å². The third kappa shape index (κ3) is 2.66. The first-order chi connectivity index (χ1) is 7.57. The molecule has 17 heavy (non-hydrogen) atoms. The van der Waals surface area contributed by atoms with Gasteiger partial charge in [-0.1, -0.05) is 12.1 Å². The molecule has 1 unspecified atom stereocenters. The highest BCUT2D eigenvalue weighted by atomic mass is 32.2. The van der Waals surface area contributed by atoms with Crippen LogP contribution in [0.4, 0.5) is 4.39 Å². The van der Waals surface area contributed by atoms with Crippen molar-refractivity contribution in [3.63, 3.8) is 0 Å².